The van der Waals surface area contributed by atoms with Gasteiger partial charge in [0.1, 0.15) is 5.39 Å². The van der Waals surface area contributed by atoms with E-state index in [-0.39, 0.29) is 11.1 Å². The minimum Gasteiger partial charge on any atom is -0.340 e. The molecule has 2 aromatic heterocycles. The van der Waals surface area contributed by atoms with Crippen molar-refractivity contribution < 1.29 is 13.2 Å². The number of nitrogens with one attached hydrogen (secondary N) is 1. The molecule has 3 heterocycles. The maximum atomic E-state index is 12.9. The van der Waals surface area contributed by atoms with Gasteiger partial charge < -0.3 is 4.90 Å². The van der Waals surface area contributed by atoms with Gasteiger partial charge in [-0.3, -0.25) is 14.7 Å². The summed E-state index contributed by atoms with van der Waals surface area (Å²) in [5.74, 6) is 0.488. The van der Waals surface area contributed by atoms with Gasteiger partial charge in [0.05, 0.1) is 17.3 Å². The van der Waals surface area contributed by atoms with Gasteiger partial charge in [-0.15, -0.1) is 0 Å². The summed E-state index contributed by atoms with van der Waals surface area (Å²) >= 11 is 0. The van der Waals surface area contributed by atoms with Crippen LogP contribution in [0.5, 0.6) is 0 Å². The number of piperazine rings is 1. The first-order chi connectivity index (χ1) is 14.5. The Morgan fingerprint density at radius 2 is 1.81 bits per heavy atom. The minimum atomic E-state index is -4.34. The van der Waals surface area contributed by atoms with Gasteiger partial charge in [0.15, 0.2) is 5.65 Å². The molecule has 3 aromatic rings. The van der Waals surface area contributed by atoms with Crippen molar-refractivity contribution >= 4 is 17.0 Å². The van der Waals surface area contributed by atoms with Crippen LogP contribution in [0.15, 0.2) is 35.3 Å². The SMILES string of the molecule is CC(C)(C)n1ncc2c(=O)[nH]c(N3CCN(Cc4cccc(C(F)(F)F)c4)CC3)nc21. The van der Waals surface area contributed by atoms with Crippen molar-refractivity contribution in [2.75, 3.05) is 31.1 Å². The molecule has 1 aliphatic rings. The van der Waals surface area contributed by atoms with Crippen molar-refractivity contribution in [2.24, 2.45) is 0 Å². The topological polar surface area (TPSA) is 70.1 Å². The summed E-state index contributed by atoms with van der Waals surface area (Å²) in [7, 11) is 0. The summed E-state index contributed by atoms with van der Waals surface area (Å²) in [6, 6.07) is 5.44. The maximum Gasteiger partial charge on any atom is 0.416 e. The second kappa shape index (κ2) is 7.67. The first kappa shape index (κ1) is 21.4. The van der Waals surface area contributed by atoms with Crippen LogP contribution < -0.4 is 10.5 Å². The lowest BCUT2D eigenvalue weighted by Gasteiger charge is -2.35. The van der Waals surface area contributed by atoms with Gasteiger partial charge in [-0.05, 0) is 32.4 Å². The van der Waals surface area contributed by atoms with Crippen LogP contribution in [0, 0.1) is 0 Å². The van der Waals surface area contributed by atoms with E-state index in [1.807, 2.05) is 25.7 Å². The molecule has 7 nitrogen and oxygen atoms in total. The molecule has 0 amide bonds. The highest BCUT2D eigenvalue weighted by Crippen LogP contribution is 2.30. The number of H-pyrrole nitrogens is 1. The Morgan fingerprint density at radius 3 is 2.45 bits per heavy atom. The average molecular weight is 434 g/mol. The molecular formula is C21H25F3N6O. The molecule has 0 radical (unpaired) electrons. The molecule has 1 aliphatic heterocycles. The van der Waals surface area contributed by atoms with E-state index in [2.05, 4.69) is 20.0 Å². The van der Waals surface area contributed by atoms with Crippen LogP contribution in [0.25, 0.3) is 11.0 Å². The fraction of sp³-hybridized carbons (Fsp3) is 0.476. The van der Waals surface area contributed by atoms with Crippen LogP contribution in [-0.2, 0) is 18.3 Å². The van der Waals surface area contributed by atoms with Crippen LogP contribution in [0.4, 0.5) is 19.1 Å². The molecule has 0 atom stereocenters. The molecule has 10 heteroatoms. The highest BCUT2D eigenvalue weighted by atomic mass is 19.4. The maximum absolute atomic E-state index is 12.9. The predicted molar refractivity (Wildman–Crippen MR) is 112 cm³/mol. The number of fused-ring (bicyclic) bond motifs is 1. The zero-order chi connectivity index (χ0) is 22.4. The fourth-order valence-electron chi connectivity index (χ4n) is 3.77. The molecule has 0 unspecified atom stereocenters. The average Bonchev–Trinajstić information content (AvgIpc) is 3.13. The van der Waals surface area contributed by atoms with E-state index in [1.54, 1.807) is 10.7 Å². The van der Waals surface area contributed by atoms with Gasteiger partial charge in [-0.2, -0.15) is 23.3 Å². The summed E-state index contributed by atoms with van der Waals surface area (Å²) in [4.78, 5) is 24.1. The zero-order valence-electron chi connectivity index (χ0n) is 17.7. The molecule has 0 saturated carbocycles. The van der Waals surface area contributed by atoms with Crippen molar-refractivity contribution in [3.05, 3.63) is 51.9 Å². The number of anilines is 1. The molecule has 1 saturated heterocycles. The molecular weight excluding hydrogens is 409 g/mol. The first-order valence-electron chi connectivity index (χ1n) is 10.1. The van der Waals surface area contributed by atoms with Crippen LogP contribution >= 0.6 is 0 Å². The van der Waals surface area contributed by atoms with E-state index in [4.69, 9.17) is 0 Å². The van der Waals surface area contributed by atoms with E-state index < -0.39 is 11.7 Å². The van der Waals surface area contributed by atoms with Gasteiger partial charge in [-0.25, -0.2) is 4.68 Å². The van der Waals surface area contributed by atoms with E-state index in [0.717, 1.165) is 6.07 Å². The van der Waals surface area contributed by atoms with E-state index >= 15 is 0 Å². The second-order valence-electron chi connectivity index (χ2n) is 8.82. The number of halogens is 3. The third-order valence-electron chi connectivity index (χ3n) is 5.39. The standard InChI is InChI=1S/C21H25F3N6O/c1-20(2,3)30-17-16(12-25-30)18(31)27-19(26-17)29-9-7-28(8-10-29)13-14-5-4-6-15(11-14)21(22,23)24/h4-6,11-12H,7-10,13H2,1-3H3,(H,26,27,31). The van der Waals surface area contributed by atoms with Gasteiger partial charge in [0.25, 0.3) is 5.56 Å². The summed E-state index contributed by atoms with van der Waals surface area (Å²) in [5, 5.41) is 4.77. The van der Waals surface area contributed by atoms with Crippen molar-refractivity contribution in [3.8, 4) is 0 Å². The molecule has 166 valence electrons. The monoisotopic (exact) mass is 434 g/mol. The smallest absolute Gasteiger partial charge is 0.340 e. The molecule has 0 spiro atoms. The summed E-state index contributed by atoms with van der Waals surface area (Å²) in [6.45, 7) is 8.94. The number of aromatic nitrogens is 4. The van der Waals surface area contributed by atoms with Crippen molar-refractivity contribution in [1.29, 1.82) is 0 Å². The lowest BCUT2D eigenvalue weighted by atomic mass is 10.1. The van der Waals surface area contributed by atoms with Gasteiger partial charge >= 0.3 is 6.18 Å². The summed E-state index contributed by atoms with van der Waals surface area (Å²) < 4.78 is 40.6. The Bertz CT molecular complexity index is 1140. The number of rotatable bonds is 3. The van der Waals surface area contributed by atoms with Crippen LogP contribution in [0.2, 0.25) is 0 Å². The third-order valence-corrected chi connectivity index (χ3v) is 5.39. The largest absolute Gasteiger partial charge is 0.416 e. The summed E-state index contributed by atoms with van der Waals surface area (Å²) in [5.41, 5.74) is -0.0114. The molecule has 0 bridgehead atoms. The first-order valence-corrected chi connectivity index (χ1v) is 10.1. The molecule has 1 fully saturated rings. The van der Waals surface area contributed by atoms with Crippen molar-refractivity contribution in [2.45, 2.75) is 39.0 Å². The highest BCUT2D eigenvalue weighted by molar-refractivity contribution is 5.74. The number of hydrogen-bond acceptors (Lipinski definition) is 5. The van der Waals surface area contributed by atoms with Crippen molar-refractivity contribution in [3.63, 3.8) is 0 Å². The molecule has 31 heavy (non-hydrogen) atoms. The van der Waals surface area contributed by atoms with Crippen molar-refractivity contribution in [1.82, 2.24) is 24.6 Å². The molecule has 1 aromatic carbocycles. The van der Waals surface area contributed by atoms with E-state index in [0.29, 0.717) is 55.3 Å². The van der Waals surface area contributed by atoms with Gasteiger partial charge in [0.2, 0.25) is 5.95 Å². The van der Waals surface area contributed by atoms with E-state index in [1.165, 1.54) is 18.3 Å². The van der Waals surface area contributed by atoms with Crippen LogP contribution in [-0.4, -0.2) is 50.8 Å². The van der Waals surface area contributed by atoms with Crippen LogP contribution in [0.1, 0.15) is 31.9 Å². The Morgan fingerprint density at radius 1 is 1.10 bits per heavy atom. The highest BCUT2D eigenvalue weighted by Gasteiger charge is 2.30. The number of hydrogen-bond donors (Lipinski definition) is 1. The van der Waals surface area contributed by atoms with Gasteiger partial charge in [-0.1, -0.05) is 18.2 Å². The lowest BCUT2D eigenvalue weighted by Crippen LogP contribution is -2.47. The van der Waals surface area contributed by atoms with Crippen LogP contribution in [0.3, 0.4) is 0 Å². The van der Waals surface area contributed by atoms with E-state index in [9.17, 15) is 18.0 Å². The third kappa shape index (κ3) is 4.43. The fourth-order valence-corrected chi connectivity index (χ4v) is 3.77. The number of aromatic amines is 1. The molecule has 4 rings (SSSR count). The Kier molecular flexibility index (Phi) is 5.28. The quantitative estimate of drug-likeness (QED) is 0.686. The number of benzene rings is 1. The minimum absolute atomic E-state index is 0.234. The number of alkyl halides is 3. The summed E-state index contributed by atoms with van der Waals surface area (Å²) in [6.07, 6.45) is -2.81. The zero-order valence-corrected chi connectivity index (χ0v) is 17.7. The lowest BCUT2D eigenvalue weighted by molar-refractivity contribution is -0.137. The van der Waals surface area contributed by atoms with Gasteiger partial charge in [0, 0.05) is 32.7 Å². The Balaban J connectivity index is 1.48. The Labute approximate surface area is 177 Å². The number of nitrogens with zero attached hydrogens (tertiary/aromatic N) is 5. The molecule has 0 aliphatic carbocycles. The second-order valence-corrected chi connectivity index (χ2v) is 8.82. The molecule has 1 N–H and O–H groups in total. The predicted octanol–water partition coefficient (Wildman–Crippen LogP) is 3.22. The Hall–Kier alpha value is -2.88. The normalized spacial score (nSPS) is 16.3.